The maximum absolute atomic E-state index is 12.8. The smallest absolute Gasteiger partial charge is 0.313 e. The molecular weight excluding hydrogens is 336 g/mol. The summed E-state index contributed by atoms with van der Waals surface area (Å²) >= 11 is 4.52. The van der Waals surface area contributed by atoms with Gasteiger partial charge in [-0.25, -0.2) is 0 Å². The minimum atomic E-state index is -0.775. The number of alkyl halides is 1. The van der Waals surface area contributed by atoms with Gasteiger partial charge in [0.1, 0.15) is 11.7 Å². The molecule has 2 unspecified atom stereocenters. The van der Waals surface area contributed by atoms with Gasteiger partial charge in [-0.15, -0.1) is 5.10 Å². The van der Waals surface area contributed by atoms with Crippen molar-refractivity contribution in [2.24, 2.45) is 5.92 Å². The predicted octanol–water partition coefficient (Wildman–Crippen LogP) is 1.08. The highest BCUT2D eigenvalue weighted by molar-refractivity contribution is 9.08. The number of rotatable bonds is 4. The lowest BCUT2D eigenvalue weighted by Crippen LogP contribution is -2.51. The molecule has 7 nitrogen and oxygen atoms in total. The summed E-state index contributed by atoms with van der Waals surface area (Å²) < 4.78 is 4.56. The largest absolute Gasteiger partial charge is 0.622 e. The van der Waals surface area contributed by atoms with Gasteiger partial charge in [0.25, 0.3) is 6.23 Å². The van der Waals surface area contributed by atoms with Gasteiger partial charge in [-0.05, 0) is 24.2 Å². The maximum Gasteiger partial charge on any atom is 0.313 e. The van der Waals surface area contributed by atoms with E-state index in [0.29, 0.717) is 17.0 Å². The molecule has 0 aromatic carbocycles. The number of hydroxylamine groups is 2. The molecule has 19 heavy (non-hydrogen) atoms. The van der Waals surface area contributed by atoms with Crippen LogP contribution in [0.25, 0.3) is 0 Å². The van der Waals surface area contributed by atoms with Crippen molar-refractivity contribution >= 4 is 38.4 Å². The first-order valence-electron chi connectivity index (χ1n) is 6.02. The Kier molecular flexibility index (Phi) is 3.56. The van der Waals surface area contributed by atoms with Gasteiger partial charge in [0, 0.05) is 0 Å². The lowest BCUT2D eigenvalue weighted by atomic mass is 10.4. The van der Waals surface area contributed by atoms with Crippen LogP contribution >= 0.6 is 27.3 Å². The number of esters is 1. The van der Waals surface area contributed by atoms with E-state index in [2.05, 4.69) is 31.4 Å². The number of carbonyl (C=O) groups excluding carboxylic acids is 1. The third-order valence-electron chi connectivity index (χ3n) is 3.19. The first kappa shape index (κ1) is 13.4. The number of ether oxygens (including phenoxy) is 1. The molecule has 1 saturated carbocycles. The SMILES string of the molecule is O=C(OC1CNC[N+]1([O-])c1nnc(CBr)s1)C1CC1. The van der Waals surface area contributed by atoms with E-state index in [1.165, 1.54) is 11.3 Å². The van der Waals surface area contributed by atoms with Crippen LogP contribution in [0.15, 0.2) is 0 Å². The zero-order chi connectivity index (χ0) is 13.5. The van der Waals surface area contributed by atoms with Crippen molar-refractivity contribution in [3.63, 3.8) is 0 Å². The van der Waals surface area contributed by atoms with Gasteiger partial charge in [0.2, 0.25) is 0 Å². The molecule has 2 atom stereocenters. The van der Waals surface area contributed by atoms with Gasteiger partial charge in [-0.2, -0.15) is 0 Å². The molecule has 1 aliphatic heterocycles. The molecule has 2 fully saturated rings. The molecule has 0 amide bonds. The number of hydrogen-bond donors (Lipinski definition) is 1. The fraction of sp³-hybridized carbons (Fsp3) is 0.700. The van der Waals surface area contributed by atoms with Crippen molar-refractivity contribution in [2.75, 3.05) is 13.2 Å². The first-order chi connectivity index (χ1) is 9.13. The summed E-state index contributed by atoms with van der Waals surface area (Å²) in [5.74, 6) is -0.279. The highest BCUT2D eigenvalue weighted by atomic mass is 79.9. The number of aromatic nitrogens is 2. The van der Waals surface area contributed by atoms with E-state index < -0.39 is 10.9 Å². The molecule has 0 bridgehead atoms. The van der Waals surface area contributed by atoms with Crippen LogP contribution < -0.4 is 9.96 Å². The zero-order valence-electron chi connectivity index (χ0n) is 10.0. The quantitative estimate of drug-likeness (QED) is 0.379. The third-order valence-corrected chi connectivity index (χ3v) is 5.13. The summed E-state index contributed by atoms with van der Waals surface area (Å²) in [4.78, 5) is 11.7. The summed E-state index contributed by atoms with van der Waals surface area (Å²) in [6, 6.07) is 0. The average Bonchev–Trinajstić information content (AvgIpc) is 3.03. The second kappa shape index (κ2) is 5.06. The first-order valence-corrected chi connectivity index (χ1v) is 7.96. The van der Waals surface area contributed by atoms with Crippen molar-refractivity contribution in [2.45, 2.75) is 24.4 Å². The van der Waals surface area contributed by atoms with Crippen LogP contribution in [0.2, 0.25) is 0 Å². The van der Waals surface area contributed by atoms with E-state index in [0.717, 1.165) is 17.8 Å². The number of hydrogen-bond acceptors (Lipinski definition) is 7. The molecule has 1 aliphatic carbocycles. The van der Waals surface area contributed by atoms with Crippen LogP contribution in [0.1, 0.15) is 17.8 Å². The molecule has 0 radical (unpaired) electrons. The van der Waals surface area contributed by atoms with Gasteiger partial charge >= 0.3 is 11.1 Å². The van der Waals surface area contributed by atoms with E-state index in [1.807, 2.05) is 0 Å². The minimum absolute atomic E-state index is 0.0124. The molecule has 3 rings (SSSR count). The number of halogens is 1. The van der Waals surface area contributed by atoms with Crippen molar-refractivity contribution in [3.8, 4) is 0 Å². The lowest BCUT2D eigenvalue weighted by molar-refractivity contribution is -0.154. The van der Waals surface area contributed by atoms with Crippen molar-refractivity contribution < 1.29 is 9.53 Å². The van der Waals surface area contributed by atoms with Crippen molar-refractivity contribution in [1.29, 1.82) is 0 Å². The van der Waals surface area contributed by atoms with Crippen LogP contribution in [0.3, 0.4) is 0 Å². The summed E-state index contributed by atoms with van der Waals surface area (Å²) in [7, 11) is 0. The van der Waals surface area contributed by atoms with Gasteiger partial charge in [-0.3, -0.25) is 14.8 Å². The molecule has 1 N–H and O–H groups in total. The van der Waals surface area contributed by atoms with Crippen LogP contribution in [0.5, 0.6) is 0 Å². The molecule has 2 aliphatic rings. The highest BCUT2D eigenvalue weighted by Crippen LogP contribution is 2.35. The number of nitrogens with one attached hydrogen (secondary N) is 1. The topological polar surface area (TPSA) is 87.2 Å². The predicted molar refractivity (Wildman–Crippen MR) is 73.2 cm³/mol. The zero-order valence-corrected chi connectivity index (χ0v) is 12.4. The van der Waals surface area contributed by atoms with E-state index >= 15 is 0 Å². The Labute approximate surface area is 122 Å². The second-order valence-electron chi connectivity index (χ2n) is 4.69. The van der Waals surface area contributed by atoms with Crippen LogP contribution in [-0.4, -0.2) is 35.6 Å². The highest BCUT2D eigenvalue weighted by Gasteiger charge is 2.44. The lowest BCUT2D eigenvalue weighted by Gasteiger charge is -2.37. The normalized spacial score (nSPS) is 30.5. The van der Waals surface area contributed by atoms with Crippen LogP contribution in [0.4, 0.5) is 5.13 Å². The van der Waals surface area contributed by atoms with Gasteiger partial charge < -0.3 is 9.94 Å². The van der Waals surface area contributed by atoms with Gasteiger partial charge in [0.05, 0.1) is 17.8 Å². The molecular formula is C10H13BrN4O3S. The Balaban J connectivity index is 1.77. The molecule has 1 aromatic rings. The van der Waals surface area contributed by atoms with Crippen molar-refractivity contribution in [1.82, 2.24) is 20.2 Å². The van der Waals surface area contributed by atoms with E-state index in [9.17, 15) is 10.0 Å². The monoisotopic (exact) mass is 348 g/mol. The molecule has 104 valence electrons. The van der Waals surface area contributed by atoms with Crippen molar-refractivity contribution in [3.05, 3.63) is 10.2 Å². The van der Waals surface area contributed by atoms with Crippen LogP contribution in [-0.2, 0) is 14.9 Å². The Morgan fingerprint density at radius 3 is 3.00 bits per heavy atom. The Bertz CT molecular complexity index is 495. The standard InChI is InChI=1S/C10H13BrN4O3S/c11-3-7-13-14-10(19-7)15(17)5-12-4-8(15)18-9(16)6-1-2-6/h6,8,12H,1-5H2. The van der Waals surface area contributed by atoms with Gasteiger partial charge in [0.15, 0.2) is 0 Å². The molecule has 1 aromatic heterocycles. The summed E-state index contributed by atoms with van der Waals surface area (Å²) in [6.45, 7) is 0.505. The summed E-state index contributed by atoms with van der Waals surface area (Å²) in [5.41, 5.74) is 0. The van der Waals surface area contributed by atoms with E-state index in [1.54, 1.807) is 0 Å². The molecule has 2 heterocycles. The summed E-state index contributed by atoms with van der Waals surface area (Å²) in [5, 5.41) is 25.3. The summed E-state index contributed by atoms with van der Waals surface area (Å²) in [6.07, 6.45) is 0.971. The number of carbonyl (C=O) groups is 1. The minimum Gasteiger partial charge on any atom is -0.622 e. The molecule has 9 heteroatoms. The Morgan fingerprint density at radius 1 is 1.58 bits per heavy atom. The average molecular weight is 349 g/mol. The van der Waals surface area contributed by atoms with Crippen LogP contribution in [0, 0.1) is 11.1 Å². The third kappa shape index (κ3) is 2.52. The van der Waals surface area contributed by atoms with E-state index in [-0.39, 0.29) is 18.6 Å². The fourth-order valence-corrected chi connectivity index (χ4v) is 3.14. The molecule has 0 spiro atoms. The maximum atomic E-state index is 12.8. The Morgan fingerprint density at radius 2 is 2.37 bits per heavy atom. The van der Waals surface area contributed by atoms with Gasteiger partial charge in [-0.1, -0.05) is 21.0 Å². The molecule has 1 saturated heterocycles. The Hall–Kier alpha value is -0.610. The second-order valence-corrected chi connectivity index (χ2v) is 6.29. The fourth-order valence-electron chi connectivity index (χ4n) is 1.92. The number of quaternary nitrogens is 1. The number of nitrogens with zero attached hydrogens (tertiary/aromatic N) is 3. The van der Waals surface area contributed by atoms with E-state index in [4.69, 9.17) is 4.74 Å².